The normalized spacial score (nSPS) is 16.7. The molecule has 2 amide bonds. The van der Waals surface area contributed by atoms with Gasteiger partial charge in [0.1, 0.15) is 0 Å². The average Bonchev–Trinajstić information content (AvgIpc) is 3.45. The Hall–Kier alpha value is -4.34. The second-order valence-electron chi connectivity index (χ2n) is 12.6. The molecule has 4 rings (SSSR count). The number of alkyl halides is 9. The van der Waals surface area contributed by atoms with E-state index in [1.165, 1.54) is 36.4 Å². The molecule has 17 heteroatoms. The van der Waals surface area contributed by atoms with Crippen molar-refractivity contribution in [2.75, 3.05) is 6.54 Å². The first kappa shape index (κ1) is 40.1. The van der Waals surface area contributed by atoms with E-state index in [4.69, 9.17) is 16.4 Å². The molecule has 0 radical (unpaired) electrons. The summed E-state index contributed by atoms with van der Waals surface area (Å²) < 4.78 is 124. The van der Waals surface area contributed by atoms with Gasteiger partial charge in [0.25, 0.3) is 11.5 Å². The van der Waals surface area contributed by atoms with Crippen LogP contribution in [0.15, 0.2) is 59.8 Å². The van der Waals surface area contributed by atoms with Gasteiger partial charge < -0.3 is 15.5 Å². The van der Waals surface area contributed by atoms with Gasteiger partial charge in [-0.05, 0) is 60.5 Å². The van der Waals surface area contributed by atoms with Crippen molar-refractivity contribution in [3.8, 4) is 0 Å². The number of amides is 2. The molecule has 3 aromatic rings. The standard InChI is InChI=1S/C28H22F9N3O3.C5H9ClO/c1-14(2)39-23(41)13-38-24(42)21-8-7-20(18-5-3-4-6-19(18)21)22-12-25(43-40-22,28(35,36)37)15-9-16(26(29,30)31)11-17(10-15)27(32,33)34;1-5(2,3)4(6)7/h3-11,14H,12-13H2,1-2H3,(H,38,42)(H,39,41);1-3H3. The highest BCUT2D eigenvalue weighted by atomic mass is 35.5. The van der Waals surface area contributed by atoms with E-state index in [1.54, 1.807) is 34.6 Å². The fourth-order valence-corrected chi connectivity index (χ4v) is 4.61. The minimum atomic E-state index is -5.50. The molecule has 50 heavy (non-hydrogen) atoms. The van der Waals surface area contributed by atoms with Gasteiger partial charge in [-0.25, -0.2) is 0 Å². The summed E-state index contributed by atoms with van der Waals surface area (Å²) in [6, 6.07) is 7.87. The smallest absolute Gasteiger partial charge is 0.374 e. The number of nitrogens with zero attached hydrogens (tertiary/aromatic N) is 1. The summed E-state index contributed by atoms with van der Waals surface area (Å²) in [4.78, 5) is 39.7. The number of oxime groups is 1. The van der Waals surface area contributed by atoms with Crippen molar-refractivity contribution >= 4 is 45.1 Å². The third-order valence-corrected chi connectivity index (χ3v) is 7.74. The summed E-state index contributed by atoms with van der Waals surface area (Å²) in [6.07, 6.45) is -17.6. The first-order valence-electron chi connectivity index (χ1n) is 14.7. The molecule has 0 aliphatic carbocycles. The van der Waals surface area contributed by atoms with E-state index < -0.39 is 64.8 Å². The Morgan fingerprint density at radius 2 is 1.38 bits per heavy atom. The average molecular weight is 740 g/mol. The van der Waals surface area contributed by atoms with Gasteiger partial charge in [-0.1, -0.05) is 56.3 Å². The molecule has 1 unspecified atom stereocenters. The quantitative estimate of drug-likeness (QED) is 0.196. The van der Waals surface area contributed by atoms with Crippen LogP contribution in [0.4, 0.5) is 39.5 Å². The highest BCUT2D eigenvalue weighted by Crippen LogP contribution is 2.51. The Bertz CT molecular complexity index is 1760. The molecular weight excluding hydrogens is 709 g/mol. The number of hydrogen-bond donors (Lipinski definition) is 2. The molecule has 272 valence electrons. The Morgan fingerprint density at radius 3 is 1.84 bits per heavy atom. The first-order valence-corrected chi connectivity index (χ1v) is 15.1. The van der Waals surface area contributed by atoms with Crippen molar-refractivity contribution in [1.82, 2.24) is 10.6 Å². The van der Waals surface area contributed by atoms with Crippen LogP contribution in [0, 0.1) is 5.41 Å². The highest BCUT2D eigenvalue weighted by molar-refractivity contribution is 6.64. The SMILES string of the molecule is CC(C)(C)C(=O)Cl.CC(C)NC(=O)CNC(=O)c1ccc(C2=NOC(c3cc(C(F)(F)F)cc(C(F)(F)F)c3)(C(F)(F)F)C2)c2ccccc12. The van der Waals surface area contributed by atoms with Crippen molar-refractivity contribution in [2.24, 2.45) is 10.6 Å². The van der Waals surface area contributed by atoms with E-state index in [0.29, 0.717) is 0 Å². The Labute approximate surface area is 285 Å². The third kappa shape index (κ3) is 9.25. The summed E-state index contributed by atoms with van der Waals surface area (Å²) >= 11 is 5.11. The van der Waals surface area contributed by atoms with Crippen LogP contribution in [0.2, 0.25) is 0 Å². The number of carbonyl (C=O) groups excluding carboxylic acids is 3. The van der Waals surface area contributed by atoms with Gasteiger partial charge in [-0.2, -0.15) is 39.5 Å². The lowest BCUT2D eigenvalue weighted by Gasteiger charge is -2.30. The number of fused-ring (bicyclic) bond motifs is 1. The van der Waals surface area contributed by atoms with Crippen LogP contribution in [0.25, 0.3) is 10.8 Å². The molecule has 0 bridgehead atoms. The number of rotatable bonds is 6. The summed E-state index contributed by atoms with van der Waals surface area (Å²) in [5.74, 6) is -1.15. The Balaban J connectivity index is 0.000000872. The number of halogens is 10. The molecular formula is C33H31ClF9N3O4. The first-order chi connectivity index (χ1) is 22.8. The molecule has 2 N–H and O–H groups in total. The molecule has 1 aliphatic rings. The van der Waals surface area contributed by atoms with Crippen molar-refractivity contribution < 1.29 is 58.7 Å². The molecule has 0 saturated carbocycles. The number of hydrogen-bond acceptors (Lipinski definition) is 5. The lowest BCUT2D eigenvalue weighted by molar-refractivity contribution is -0.276. The molecule has 1 heterocycles. The van der Waals surface area contributed by atoms with Gasteiger partial charge in [0, 0.05) is 34.6 Å². The summed E-state index contributed by atoms with van der Waals surface area (Å²) in [5, 5.41) is 8.64. The maximum atomic E-state index is 14.5. The summed E-state index contributed by atoms with van der Waals surface area (Å²) in [5.41, 5.74) is -9.75. The number of nitrogens with one attached hydrogen (secondary N) is 2. The fourth-order valence-electron chi connectivity index (χ4n) is 4.61. The largest absolute Gasteiger partial charge is 0.435 e. The third-order valence-electron chi connectivity index (χ3n) is 7.17. The fraction of sp³-hybridized carbons (Fsp3) is 0.394. The topological polar surface area (TPSA) is 96.9 Å². The maximum absolute atomic E-state index is 14.5. The van der Waals surface area contributed by atoms with E-state index in [1.807, 2.05) is 0 Å². The van der Waals surface area contributed by atoms with Crippen LogP contribution in [0.3, 0.4) is 0 Å². The summed E-state index contributed by atoms with van der Waals surface area (Å²) in [7, 11) is 0. The number of benzene rings is 3. The van der Waals surface area contributed by atoms with Gasteiger partial charge in [-0.15, -0.1) is 0 Å². The van der Waals surface area contributed by atoms with Crippen molar-refractivity contribution in [3.05, 3.63) is 82.4 Å². The van der Waals surface area contributed by atoms with Gasteiger partial charge in [-0.3, -0.25) is 14.4 Å². The minimum Gasteiger partial charge on any atom is -0.374 e. The van der Waals surface area contributed by atoms with Gasteiger partial charge >= 0.3 is 18.5 Å². The van der Waals surface area contributed by atoms with E-state index in [0.717, 1.165) is 0 Å². The molecule has 1 aliphatic heterocycles. The zero-order valence-corrected chi connectivity index (χ0v) is 27.8. The minimum absolute atomic E-state index is 0.00107. The zero-order chi connectivity index (χ0) is 38.0. The molecule has 7 nitrogen and oxygen atoms in total. The second-order valence-corrected chi connectivity index (χ2v) is 12.9. The summed E-state index contributed by atoms with van der Waals surface area (Å²) in [6.45, 7) is 8.42. The van der Waals surface area contributed by atoms with Gasteiger partial charge in [0.2, 0.25) is 11.1 Å². The van der Waals surface area contributed by atoms with Gasteiger partial charge in [0.05, 0.1) is 23.4 Å². The van der Waals surface area contributed by atoms with E-state index in [2.05, 4.69) is 15.8 Å². The Kier molecular flexibility index (Phi) is 11.6. The molecule has 0 fully saturated rings. The van der Waals surface area contributed by atoms with Crippen LogP contribution in [-0.2, 0) is 32.4 Å². The van der Waals surface area contributed by atoms with Crippen molar-refractivity contribution in [3.63, 3.8) is 0 Å². The molecule has 0 spiro atoms. The van der Waals surface area contributed by atoms with E-state index in [-0.39, 0.29) is 63.3 Å². The highest BCUT2D eigenvalue weighted by Gasteiger charge is 2.63. The Morgan fingerprint density at radius 1 is 0.860 bits per heavy atom. The lowest BCUT2D eigenvalue weighted by Crippen LogP contribution is -2.43. The molecule has 0 saturated heterocycles. The second kappa shape index (κ2) is 14.5. The van der Waals surface area contributed by atoms with E-state index >= 15 is 0 Å². The zero-order valence-electron chi connectivity index (χ0n) is 27.0. The predicted octanol–water partition coefficient (Wildman–Crippen LogP) is 8.51. The predicted molar refractivity (Wildman–Crippen MR) is 166 cm³/mol. The van der Waals surface area contributed by atoms with E-state index in [9.17, 15) is 53.9 Å². The van der Waals surface area contributed by atoms with Crippen LogP contribution >= 0.6 is 11.6 Å². The lowest BCUT2D eigenvalue weighted by atomic mass is 9.83. The molecule has 0 aromatic heterocycles. The monoisotopic (exact) mass is 739 g/mol. The maximum Gasteiger partial charge on any atom is 0.435 e. The molecule has 1 atom stereocenters. The number of carbonyl (C=O) groups is 3. The van der Waals surface area contributed by atoms with Crippen molar-refractivity contribution in [2.45, 2.75) is 71.2 Å². The van der Waals surface area contributed by atoms with Crippen molar-refractivity contribution in [1.29, 1.82) is 0 Å². The van der Waals surface area contributed by atoms with Crippen LogP contribution in [-0.4, -0.2) is 41.5 Å². The van der Waals surface area contributed by atoms with Crippen LogP contribution < -0.4 is 10.6 Å². The van der Waals surface area contributed by atoms with Crippen LogP contribution in [0.1, 0.15) is 73.7 Å². The van der Waals surface area contributed by atoms with Crippen LogP contribution in [0.5, 0.6) is 0 Å². The molecule has 3 aromatic carbocycles. The van der Waals surface area contributed by atoms with Gasteiger partial charge in [0.15, 0.2) is 0 Å².